The largest absolute Gasteiger partial charge is 0.418 e. The molecule has 0 saturated heterocycles. The molecule has 1 N–H and O–H groups in total. The fourth-order valence-electron chi connectivity index (χ4n) is 2.25. The highest BCUT2D eigenvalue weighted by atomic mass is 19.4. The zero-order chi connectivity index (χ0) is 26.7. The fourth-order valence-corrected chi connectivity index (χ4v) is 2.25. The lowest BCUT2D eigenvalue weighted by Gasteiger charge is -2.18. The van der Waals surface area contributed by atoms with Crippen molar-refractivity contribution in [2.45, 2.75) is 61.2 Å². The van der Waals surface area contributed by atoms with E-state index in [0.29, 0.717) is 5.57 Å². The van der Waals surface area contributed by atoms with E-state index in [1.165, 1.54) is 39.0 Å². The van der Waals surface area contributed by atoms with Crippen LogP contribution in [0.15, 0.2) is 84.2 Å². The summed E-state index contributed by atoms with van der Waals surface area (Å²) < 4.78 is 51.0. The van der Waals surface area contributed by atoms with Gasteiger partial charge in [0.2, 0.25) is 0 Å². The van der Waals surface area contributed by atoms with Crippen molar-refractivity contribution in [3.8, 4) is 0 Å². The van der Waals surface area contributed by atoms with E-state index in [1.807, 2.05) is 26.8 Å². The summed E-state index contributed by atoms with van der Waals surface area (Å²) in [6.45, 7) is 15.8. The third-order valence-corrected chi connectivity index (χ3v) is 3.59. The zero-order valence-corrected chi connectivity index (χ0v) is 21.1. The maximum absolute atomic E-state index is 13.0. The van der Waals surface area contributed by atoms with E-state index < -0.39 is 11.7 Å². The third-order valence-electron chi connectivity index (χ3n) is 3.59. The summed E-state index contributed by atoms with van der Waals surface area (Å²) >= 11 is 0. The van der Waals surface area contributed by atoms with E-state index in [0.717, 1.165) is 17.3 Å². The predicted molar refractivity (Wildman–Crippen MR) is 133 cm³/mol. The van der Waals surface area contributed by atoms with Crippen LogP contribution in [0.4, 0.5) is 17.6 Å². The molecule has 1 aromatic heterocycles. The van der Waals surface area contributed by atoms with Crippen molar-refractivity contribution >= 4 is 5.78 Å². The summed E-state index contributed by atoms with van der Waals surface area (Å²) in [5, 5.41) is 2.84. The predicted octanol–water partition coefficient (Wildman–Crippen LogP) is 7.90. The Hall–Kier alpha value is -3.22. The summed E-state index contributed by atoms with van der Waals surface area (Å²) in [5.41, 5.74) is 1.49. The van der Waals surface area contributed by atoms with Crippen molar-refractivity contribution in [1.82, 2.24) is 10.3 Å². The fraction of sp³-hybridized carbons (Fsp3) is 0.333. The summed E-state index contributed by atoms with van der Waals surface area (Å²) in [5.74, 6) is -0.0116. The Bertz CT molecular complexity index is 914. The Labute approximate surface area is 201 Å². The minimum Gasteiger partial charge on any atom is -0.380 e. The number of allylic oxidation sites excluding steroid dienone is 4. The number of Topliss-reactive ketones (excluding diaryl/α,β-unsaturated/α-hetero) is 1. The topological polar surface area (TPSA) is 42.0 Å². The number of nitrogens with zero attached hydrogens (tertiary/aromatic N) is 1. The first-order chi connectivity index (χ1) is 15.9. The average Bonchev–Trinajstić information content (AvgIpc) is 2.74. The van der Waals surface area contributed by atoms with Crippen molar-refractivity contribution in [3.63, 3.8) is 0 Å². The molecule has 0 unspecified atom stereocenters. The van der Waals surface area contributed by atoms with Gasteiger partial charge in [0.15, 0.2) is 0 Å². The summed E-state index contributed by atoms with van der Waals surface area (Å²) in [4.78, 5) is 13.6. The number of rotatable bonds is 5. The van der Waals surface area contributed by atoms with E-state index in [2.05, 4.69) is 16.9 Å². The molecule has 3 nitrogen and oxygen atoms in total. The van der Waals surface area contributed by atoms with Crippen LogP contribution in [0.5, 0.6) is 0 Å². The molecule has 1 aromatic carbocycles. The van der Waals surface area contributed by atoms with Gasteiger partial charge in [-0.25, -0.2) is 4.39 Å². The quantitative estimate of drug-likeness (QED) is 0.349. The monoisotopic (exact) mass is 480 g/mol. The molecule has 0 atom stereocenters. The molecule has 2 aromatic rings. The zero-order valence-electron chi connectivity index (χ0n) is 21.1. The summed E-state index contributed by atoms with van der Waals surface area (Å²) in [6, 6.07) is 11.5. The Morgan fingerprint density at radius 2 is 1.59 bits per heavy atom. The van der Waals surface area contributed by atoms with Crippen LogP contribution in [0.1, 0.15) is 52.8 Å². The number of carbonyl (C=O) groups is 1. The van der Waals surface area contributed by atoms with Crippen molar-refractivity contribution in [1.29, 1.82) is 0 Å². The van der Waals surface area contributed by atoms with Crippen molar-refractivity contribution in [2.24, 2.45) is 0 Å². The second kappa shape index (κ2) is 18.2. The van der Waals surface area contributed by atoms with Crippen LogP contribution in [0, 0.1) is 12.7 Å². The molecular formula is C27H36F4N2O. The number of halogens is 4. The van der Waals surface area contributed by atoms with Gasteiger partial charge in [-0.2, -0.15) is 13.2 Å². The number of hydrogen-bond donors (Lipinski definition) is 1. The maximum atomic E-state index is 13.0. The van der Waals surface area contributed by atoms with Crippen LogP contribution >= 0.6 is 0 Å². The number of carbonyl (C=O) groups excluding carboxylic acids is 1. The van der Waals surface area contributed by atoms with Gasteiger partial charge >= 0.3 is 6.18 Å². The molecule has 188 valence electrons. The van der Waals surface area contributed by atoms with Gasteiger partial charge < -0.3 is 10.1 Å². The average molecular weight is 481 g/mol. The molecule has 0 radical (unpaired) electrons. The number of ketones is 1. The van der Waals surface area contributed by atoms with Crippen LogP contribution in [0.25, 0.3) is 0 Å². The molecule has 1 heterocycles. The number of benzene rings is 1. The van der Waals surface area contributed by atoms with Crippen molar-refractivity contribution in [2.75, 3.05) is 0 Å². The van der Waals surface area contributed by atoms with E-state index >= 15 is 0 Å². The molecule has 0 saturated carbocycles. The second-order valence-electron chi connectivity index (χ2n) is 6.91. The van der Waals surface area contributed by atoms with Gasteiger partial charge in [0.1, 0.15) is 11.6 Å². The second-order valence-corrected chi connectivity index (χ2v) is 6.91. The maximum Gasteiger partial charge on any atom is 0.418 e. The van der Waals surface area contributed by atoms with Gasteiger partial charge in [-0.3, -0.25) is 4.98 Å². The lowest BCUT2D eigenvalue weighted by molar-refractivity contribution is -0.115. The Morgan fingerprint density at radius 3 is 1.94 bits per heavy atom. The highest BCUT2D eigenvalue weighted by Crippen LogP contribution is 2.30. The number of hydrogen-bond acceptors (Lipinski definition) is 3. The van der Waals surface area contributed by atoms with Crippen LogP contribution in [0.2, 0.25) is 0 Å². The number of alkyl halides is 3. The number of nitrogens with one attached hydrogen (secondary N) is 1. The molecular weight excluding hydrogens is 444 g/mol. The van der Waals surface area contributed by atoms with Gasteiger partial charge in [0.25, 0.3) is 0 Å². The molecule has 0 fully saturated rings. The van der Waals surface area contributed by atoms with Crippen molar-refractivity contribution < 1.29 is 22.4 Å². The van der Waals surface area contributed by atoms with E-state index in [4.69, 9.17) is 0 Å². The number of pyridine rings is 1. The van der Waals surface area contributed by atoms with Crippen molar-refractivity contribution in [3.05, 3.63) is 101 Å². The highest BCUT2D eigenvalue weighted by molar-refractivity contribution is 5.72. The summed E-state index contributed by atoms with van der Waals surface area (Å²) in [6.07, 6.45) is -0.310. The van der Waals surface area contributed by atoms with Crippen LogP contribution in [-0.4, -0.2) is 16.9 Å². The number of aromatic nitrogens is 1. The van der Waals surface area contributed by atoms with E-state index in [1.54, 1.807) is 37.4 Å². The van der Waals surface area contributed by atoms with Crippen LogP contribution in [-0.2, 0) is 11.3 Å². The molecule has 0 aliphatic carbocycles. The Balaban J connectivity index is 0. The SMILES string of the molecule is C=C(C)/C=C(NCc1cccnc1C)\C(=C/C)C(F)(F)F.CC.CC(C)=O.Fc1ccccc1. The molecule has 2 rings (SSSR count). The molecule has 0 amide bonds. The smallest absolute Gasteiger partial charge is 0.380 e. The van der Waals surface area contributed by atoms with E-state index in [-0.39, 0.29) is 23.8 Å². The molecule has 0 spiro atoms. The lowest BCUT2D eigenvalue weighted by Crippen LogP contribution is -2.23. The highest BCUT2D eigenvalue weighted by Gasteiger charge is 2.35. The summed E-state index contributed by atoms with van der Waals surface area (Å²) in [7, 11) is 0. The van der Waals surface area contributed by atoms with E-state index in [9.17, 15) is 22.4 Å². The van der Waals surface area contributed by atoms with Crippen LogP contribution < -0.4 is 5.32 Å². The number of aryl methyl sites for hydroxylation is 1. The first-order valence-corrected chi connectivity index (χ1v) is 10.8. The lowest BCUT2D eigenvalue weighted by atomic mass is 10.1. The van der Waals surface area contributed by atoms with Gasteiger partial charge in [-0.1, -0.05) is 56.3 Å². The molecule has 34 heavy (non-hydrogen) atoms. The van der Waals surface area contributed by atoms with Gasteiger partial charge in [0.05, 0.1) is 5.57 Å². The van der Waals surface area contributed by atoms with Gasteiger partial charge in [0, 0.05) is 24.1 Å². The minimum absolute atomic E-state index is 0.0146. The normalized spacial score (nSPS) is 10.9. The van der Waals surface area contributed by atoms with Crippen LogP contribution in [0.3, 0.4) is 0 Å². The molecule has 0 bridgehead atoms. The first-order valence-electron chi connectivity index (χ1n) is 10.8. The molecule has 0 aliphatic heterocycles. The molecule has 7 heteroatoms. The Kier molecular flexibility index (Phi) is 17.7. The van der Waals surface area contributed by atoms with Gasteiger partial charge in [-0.05, 0) is 64.5 Å². The minimum atomic E-state index is -4.41. The van der Waals surface area contributed by atoms with Gasteiger partial charge in [-0.15, -0.1) is 0 Å². The molecule has 0 aliphatic rings. The first kappa shape index (κ1) is 33.0. The third kappa shape index (κ3) is 16.4. The Morgan fingerprint density at radius 1 is 1.06 bits per heavy atom. The standard InChI is InChI=1S/C16H19F3N2.C6H5F.C3H6O.C2H6/c1-5-14(16(17,18)19)15(9-11(2)3)21-10-13-7-6-8-20-12(13)4;7-6-4-2-1-3-5-6;1-3(2)4;1-2/h5-9,21H,2,10H2,1,3-4H3;1-5H;1-2H3;1-2H3/b14-5+,15-9+;;;.